The number of benzene rings is 1. The van der Waals surface area contributed by atoms with Gasteiger partial charge in [0.2, 0.25) is 5.91 Å². The van der Waals surface area contributed by atoms with Crippen molar-refractivity contribution in [3.05, 3.63) is 72.1 Å². The Labute approximate surface area is 239 Å². The monoisotopic (exact) mass is 577 g/mol. The molecule has 1 atom stereocenters. The Morgan fingerprint density at radius 1 is 1.22 bits per heavy atom. The third kappa shape index (κ3) is 5.95. The van der Waals surface area contributed by atoms with Crippen LogP contribution in [0.3, 0.4) is 0 Å². The molecule has 1 aromatic carbocycles. The van der Waals surface area contributed by atoms with Crippen LogP contribution in [0.1, 0.15) is 31.2 Å². The topological polar surface area (TPSA) is 105 Å². The van der Waals surface area contributed by atoms with E-state index in [1.807, 2.05) is 17.5 Å². The van der Waals surface area contributed by atoms with Gasteiger partial charge < -0.3 is 10.6 Å². The molecule has 41 heavy (non-hydrogen) atoms. The molecule has 5 heterocycles. The third-order valence-corrected chi connectivity index (χ3v) is 7.74. The van der Waals surface area contributed by atoms with Gasteiger partial charge in [-0.15, -0.1) is 0 Å². The van der Waals surface area contributed by atoms with Crippen molar-refractivity contribution in [1.82, 2.24) is 33.4 Å². The van der Waals surface area contributed by atoms with E-state index >= 15 is 0 Å². The van der Waals surface area contributed by atoms with E-state index in [1.165, 1.54) is 41.2 Å². The number of hydrogen-bond donors (Lipinski definition) is 2. The van der Waals surface area contributed by atoms with Crippen molar-refractivity contribution in [2.75, 3.05) is 23.7 Å². The van der Waals surface area contributed by atoms with Gasteiger partial charge in [-0.2, -0.15) is 9.47 Å². The van der Waals surface area contributed by atoms with Gasteiger partial charge in [0, 0.05) is 31.0 Å². The number of fused-ring (bicyclic) bond motifs is 1. The zero-order valence-corrected chi connectivity index (χ0v) is 23.5. The van der Waals surface area contributed by atoms with Gasteiger partial charge in [0.25, 0.3) is 0 Å². The van der Waals surface area contributed by atoms with Gasteiger partial charge in [-0.1, -0.05) is 13.0 Å². The number of hydrogen-bond acceptors (Lipinski definition) is 8. The lowest BCUT2D eigenvalue weighted by molar-refractivity contribution is -0.116. The van der Waals surface area contributed by atoms with Gasteiger partial charge in [-0.05, 0) is 62.0 Å². The standard InChI is InChI=1S/C28H29F2N9OS/c1-17-5-4-8-37(12-17)15-20-9-25(41-36-20)35-27-28-31-11-23(39(28)13-18(2)33-27)19-10-32-38(14-19)16-24(40)34-22-7-3-6-21(29)26(22)30/h3,6-7,9-11,13-14,17H,4-5,8,12,15-16H2,1-2H3,(H,33,35)(H,34,40)/t17-/m0/s1. The highest BCUT2D eigenvalue weighted by Gasteiger charge is 2.19. The molecule has 5 aromatic rings. The van der Waals surface area contributed by atoms with Crippen LogP contribution in [0, 0.1) is 24.5 Å². The lowest BCUT2D eigenvalue weighted by Crippen LogP contribution is -2.33. The fraction of sp³-hybridized carbons (Fsp3) is 0.321. The van der Waals surface area contributed by atoms with Gasteiger partial charge in [0.15, 0.2) is 23.1 Å². The number of nitrogens with one attached hydrogen (secondary N) is 2. The molecule has 4 aromatic heterocycles. The Morgan fingerprint density at radius 3 is 2.95 bits per heavy atom. The molecule has 0 radical (unpaired) electrons. The number of amides is 1. The van der Waals surface area contributed by atoms with Crippen molar-refractivity contribution >= 4 is 39.6 Å². The van der Waals surface area contributed by atoms with Gasteiger partial charge >= 0.3 is 0 Å². The number of halogens is 2. The van der Waals surface area contributed by atoms with Gasteiger partial charge in [-0.25, -0.2) is 18.7 Å². The molecule has 0 bridgehead atoms. The molecular formula is C28H29F2N9OS. The Morgan fingerprint density at radius 2 is 2.10 bits per heavy atom. The Hall–Kier alpha value is -4.23. The van der Waals surface area contributed by atoms with Gasteiger partial charge in [0.1, 0.15) is 11.5 Å². The lowest BCUT2D eigenvalue weighted by atomic mass is 10.0. The van der Waals surface area contributed by atoms with Crippen LogP contribution in [-0.4, -0.2) is 52.4 Å². The molecule has 0 unspecified atom stereocenters. The minimum Gasteiger partial charge on any atom is -0.328 e. The quantitative estimate of drug-likeness (QED) is 0.260. The zero-order chi connectivity index (χ0) is 28.5. The summed E-state index contributed by atoms with van der Waals surface area (Å²) in [6.07, 6.45) is 9.44. The average molecular weight is 578 g/mol. The third-order valence-electron chi connectivity index (χ3n) is 7.00. The molecule has 1 fully saturated rings. The van der Waals surface area contributed by atoms with Crippen molar-refractivity contribution in [1.29, 1.82) is 0 Å². The molecule has 1 aliphatic heterocycles. The van der Waals surface area contributed by atoms with Gasteiger partial charge in [0.05, 0.1) is 35.2 Å². The Bertz CT molecular complexity index is 1710. The predicted molar refractivity (Wildman–Crippen MR) is 153 cm³/mol. The molecule has 0 saturated carbocycles. The summed E-state index contributed by atoms with van der Waals surface area (Å²) in [7, 11) is 0. The maximum atomic E-state index is 13.9. The normalized spacial score (nSPS) is 15.9. The second-order valence-electron chi connectivity index (χ2n) is 10.4. The minimum absolute atomic E-state index is 0.176. The number of piperidine rings is 1. The molecule has 1 saturated heterocycles. The molecule has 6 rings (SSSR count). The first-order valence-corrected chi connectivity index (χ1v) is 14.2. The van der Waals surface area contributed by atoms with Crippen LogP contribution in [0.25, 0.3) is 16.9 Å². The number of nitrogens with zero attached hydrogens (tertiary/aromatic N) is 7. The van der Waals surface area contributed by atoms with E-state index < -0.39 is 17.5 Å². The van der Waals surface area contributed by atoms with Crippen molar-refractivity contribution in [2.24, 2.45) is 5.92 Å². The summed E-state index contributed by atoms with van der Waals surface area (Å²) in [6, 6.07) is 5.69. The average Bonchev–Trinajstić information content (AvgIpc) is 3.67. The first-order valence-electron chi connectivity index (χ1n) is 13.4. The molecule has 10 nitrogen and oxygen atoms in total. The van der Waals surface area contributed by atoms with E-state index in [2.05, 4.69) is 48.0 Å². The molecule has 0 spiro atoms. The fourth-order valence-corrected chi connectivity index (χ4v) is 5.80. The number of aromatic nitrogens is 6. The molecule has 13 heteroatoms. The number of aryl methyl sites for hydroxylation is 1. The summed E-state index contributed by atoms with van der Waals surface area (Å²) >= 11 is 1.40. The number of imidazole rings is 1. The van der Waals surface area contributed by atoms with Crippen LogP contribution in [0.4, 0.5) is 25.3 Å². The molecule has 1 aliphatic rings. The van der Waals surface area contributed by atoms with Crippen molar-refractivity contribution in [2.45, 2.75) is 39.8 Å². The fourth-order valence-electron chi connectivity index (χ4n) is 5.15. The van der Waals surface area contributed by atoms with E-state index in [1.54, 1.807) is 18.6 Å². The van der Waals surface area contributed by atoms with Crippen LogP contribution in [0.2, 0.25) is 0 Å². The molecule has 212 valence electrons. The summed E-state index contributed by atoms with van der Waals surface area (Å²) in [4.78, 5) is 24.2. The summed E-state index contributed by atoms with van der Waals surface area (Å²) in [6.45, 7) is 7.07. The summed E-state index contributed by atoms with van der Waals surface area (Å²) in [5.41, 5.74) is 3.74. The van der Waals surface area contributed by atoms with E-state index in [-0.39, 0.29) is 12.2 Å². The molecule has 2 N–H and O–H groups in total. The van der Waals surface area contributed by atoms with E-state index in [9.17, 15) is 13.6 Å². The Balaban J connectivity index is 1.17. The molecule has 1 amide bonds. The largest absolute Gasteiger partial charge is 0.328 e. The SMILES string of the molecule is Cc1cn2c(-c3cnn(CC(=O)Nc4cccc(F)c4F)c3)cnc2c(Nc2cc(CN3CCC[C@H](C)C3)ns2)n1. The van der Waals surface area contributed by atoms with Crippen LogP contribution < -0.4 is 10.6 Å². The van der Waals surface area contributed by atoms with Crippen LogP contribution in [0.15, 0.2) is 49.1 Å². The van der Waals surface area contributed by atoms with Gasteiger partial charge in [-0.3, -0.25) is 18.8 Å². The highest BCUT2D eigenvalue weighted by Crippen LogP contribution is 2.28. The Kier molecular flexibility index (Phi) is 7.45. The first kappa shape index (κ1) is 27.0. The summed E-state index contributed by atoms with van der Waals surface area (Å²) < 4.78 is 35.4. The second kappa shape index (κ2) is 11.3. The second-order valence-corrected chi connectivity index (χ2v) is 11.2. The highest BCUT2D eigenvalue weighted by molar-refractivity contribution is 7.10. The number of anilines is 3. The zero-order valence-electron chi connectivity index (χ0n) is 22.6. The number of rotatable bonds is 8. The van der Waals surface area contributed by atoms with Crippen LogP contribution >= 0.6 is 11.5 Å². The first-order chi connectivity index (χ1) is 19.8. The predicted octanol–water partition coefficient (Wildman–Crippen LogP) is 5.25. The number of carbonyl (C=O) groups excluding carboxylic acids is 1. The maximum absolute atomic E-state index is 13.9. The van der Waals surface area contributed by atoms with E-state index in [0.717, 1.165) is 53.3 Å². The highest BCUT2D eigenvalue weighted by atomic mass is 32.1. The maximum Gasteiger partial charge on any atom is 0.246 e. The van der Waals surface area contributed by atoms with Crippen molar-refractivity contribution in [3.8, 4) is 11.3 Å². The van der Waals surface area contributed by atoms with Crippen LogP contribution in [-0.2, 0) is 17.9 Å². The smallest absolute Gasteiger partial charge is 0.246 e. The van der Waals surface area contributed by atoms with Crippen molar-refractivity contribution in [3.63, 3.8) is 0 Å². The van der Waals surface area contributed by atoms with E-state index in [0.29, 0.717) is 17.4 Å². The van der Waals surface area contributed by atoms with Crippen molar-refractivity contribution < 1.29 is 13.6 Å². The lowest BCUT2D eigenvalue weighted by Gasteiger charge is -2.30. The number of likely N-dealkylation sites (tertiary alicyclic amines) is 1. The summed E-state index contributed by atoms with van der Waals surface area (Å²) in [5, 5.41) is 10.9. The van der Waals surface area contributed by atoms with E-state index in [4.69, 9.17) is 0 Å². The molecular weight excluding hydrogens is 548 g/mol. The van der Waals surface area contributed by atoms with Crippen LogP contribution in [0.5, 0.6) is 0 Å². The number of carbonyl (C=O) groups is 1. The minimum atomic E-state index is -1.10. The molecule has 0 aliphatic carbocycles. The summed E-state index contributed by atoms with van der Waals surface area (Å²) in [5.74, 6) is -1.34.